The fourth-order valence-electron chi connectivity index (χ4n) is 8.18. The molecule has 0 fully saturated rings. The van der Waals surface area contributed by atoms with Gasteiger partial charge in [0, 0.05) is 38.0 Å². The van der Waals surface area contributed by atoms with Gasteiger partial charge in [0.05, 0.1) is 50.1 Å². The Kier molecular flexibility index (Phi) is 5.63. The zero-order valence-corrected chi connectivity index (χ0v) is 27.4. The predicted molar refractivity (Wildman–Crippen MR) is 205 cm³/mol. The molecule has 7 aromatic carbocycles. The van der Waals surface area contributed by atoms with Crippen molar-refractivity contribution in [2.45, 2.75) is 0 Å². The molecule has 52 heavy (non-hydrogen) atoms. The molecule has 0 aliphatic carbocycles. The Hall–Kier alpha value is -7.43. The number of amides is 2. The summed E-state index contributed by atoms with van der Waals surface area (Å²) in [5.41, 5.74) is 8.80. The molecule has 11 rings (SSSR count). The van der Waals surface area contributed by atoms with Gasteiger partial charge in [0.1, 0.15) is 17.2 Å². The van der Waals surface area contributed by atoms with Crippen molar-refractivity contribution in [1.29, 1.82) is 5.26 Å². The fraction of sp³-hybridized carbons (Fsp3) is 0. The van der Waals surface area contributed by atoms with Gasteiger partial charge in [-0.3, -0.25) is 9.59 Å². The van der Waals surface area contributed by atoms with Crippen molar-refractivity contribution in [3.8, 4) is 17.4 Å². The second-order valence-corrected chi connectivity index (χ2v) is 13.2. The van der Waals surface area contributed by atoms with Gasteiger partial charge in [0.15, 0.2) is 0 Å². The zero-order chi connectivity index (χ0) is 34.7. The van der Waals surface area contributed by atoms with Gasteiger partial charge in [0.2, 0.25) is 0 Å². The summed E-state index contributed by atoms with van der Waals surface area (Å²) in [6.45, 7) is 0. The summed E-state index contributed by atoms with van der Waals surface area (Å²) in [6, 6.07) is 49.8. The Labute approximate surface area is 295 Å². The Bertz CT molecular complexity index is 3230. The molecule has 242 valence electrons. The lowest BCUT2D eigenvalue weighted by Crippen LogP contribution is -2.29. The molecule has 0 radical (unpaired) electrons. The van der Waals surface area contributed by atoms with Crippen molar-refractivity contribution in [3.05, 3.63) is 162 Å². The Morgan fingerprint density at radius 1 is 0.462 bits per heavy atom. The van der Waals surface area contributed by atoms with Crippen LogP contribution < -0.4 is 4.90 Å². The standard InChI is InChI=1S/C45H24N4O3/c46-25-26-17-18-28(48-44(50)32-12-1-2-13-33(32)45(48)51)22-39(26)49-38-15-7-4-10-30(38)35-23-40-34(24-41(35)49)29-9-3-6-14-37(29)47(40)27-19-20-43-36(21-27)31-11-5-8-16-42(31)52-43/h1-24H. The molecule has 0 atom stereocenters. The summed E-state index contributed by atoms with van der Waals surface area (Å²) < 4.78 is 10.6. The van der Waals surface area contributed by atoms with Crippen LogP contribution in [0.15, 0.2) is 150 Å². The molecule has 7 nitrogen and oxygen atoms in total. The molecule has 0 saturated carbocycles. The average molecular weight is 669 g/mol. The Morgan fingerprint density at radius 3 is 1.71 bits per heavy atom. The van der Waals surface area contributed by atoms with Crippen LogP contribution in [-0.2, 0) is 0 Å². The van der Waals surface area contributed by atoms with Crippen LogP contribution in [0.2, 0.25) is 0 Å². The predicted octanol–water partition coefficient (Wildman–Crippen LogP) is 10.5. The van der Waals surface area contributed by atoms with Gasteiger partial charge in [0.25, 0.3) is 11.8 Å². The lowest BCUT2D eigenvalue weighted by Gasteiger charge is -2.17. The number of nitriles is 1. The van der Waals surface area contributed by atoms with E-state index in [1.807, 2.05) is 42.5 Å². The minimum Gasteiger partial charge on any atom is -0.456 e. The number of hydrogen-bond donors (Lipinski definition) is 0. The zero-order valence-electron chi connectivity index (χ0n) is 27.4. The van der Waals surface area contributed by atoms with Crippen LogP contribution in [0.1, 0.15) is 26.3 Å². The summed E-state index contributed by atoms with van der Waals surface area (Å²) in [6.07, 6.45) is 0. The summed E-state index contributed by atoms with van der Waals surface area (Å²) in [5.74, 6) is -0.760. The number of carbonyl (C=O) groups is 2. The van der Waals surface area contributed by atoms with Crippen molar-refractivity contribution in [1.82, 2.24) is 9.13 Å². The first-order chi connectivity index (χ1) is 25.6. The molecule has 2 amide bonds. The molecule has 4 heterocycles. The highest BCUT2D eigenvalue weighted by Gasteiger charge is 2.36. The summed E-state index contributed by atoms with van der Waals surface area (Å²) in [5, 5.41) is 16.7. The van der Waals surface area contributed by atoms with E-state index < -0.39 is 0 Å². The van der Waals surface area contributed by atoms with Gasteiger partial charge in [-0.25, -0.2) is 4.90 Å². The summed E-state index contributed by atoms with van der Waals surface area (Å²) in [4.78, 5) is 28.2. The number of carbonyl (C=O) groups excluding carboxylic acids is 2. The normalized spacial score (nSPS) is 13.0. The number of rotatable bonds is 3. The van der Waals surface area contributed by atoms with Crippen LogP contribution in [0.5, 0.6) is 0 Å². The third-order valence-electron chi connectivity index (χ3n) is 10.5. The first-order valence-electron chi connectivity index (χ1n) is 17.0. The maximum Gasteiger partial charge on any atom is 0.266 e. The van der Waals surface area contributed by atoms with Crippen LogP contribution in [0.4, 0.5) is 5.69 Å². The van der Waals surface area contributed by atoms with Crippen molar-refractivity contribution >= 4 is 83.1 Å². The topological polar surface area (TPSA) is 84.2 Å². The largest absolute Gasteiger partial charge is 0.456 e. The minimum absolute atomic E-state index is 0.370. The number of fused-ring (bicyclic) bond motifs is 10. The Balaban J connectivity index is 1.19. The highest BCUT2D eigenvalue weighted by molar-refractivity contribution is 6.34. The maximum absolute atomic E-state index is 13.5. The van der Waals surface area contributed by atoms with E-state index in [0.717, 1.165) is 71.2 Å². The van der Waals surface area contributed by atoms with Gasteiger partial charge in [-0.05, 0) is 78.9 Å². The first kappa shape index (κ1) is 28.4. The molecule has 0 spiro atoms. The quantitative estimate of drug-likeness (QED) is 0.175. The van der Waals surface area contributed by atoms with E-state index in [-0.39, 0.29) is 11.8 Å². The van der Waals surface area contributed by atoms with E-state index in [0.29, 0.717) is 28.1 Å². The van der Waals surface area contributed by atoms with Gasteiger partial charge in [-0.1, -0.05) is 66.7 Å². The third kappa shape index (κ3) is 3.72. The summed E-state index contributed by atoms with van der Waals surface area (Å²) >= 11 is 0. The molecule has 1 aliphatic rings. The number of benzene rings is 7. The molecule has 1 aliphatic heterocycles. The first-order valence-corrected chi connectivity index (χ1v) is 17.0. The second-order valence-electron chi connectivity index (χ2n) is 13.2. The monoisotopic (exact) mass is 668 g/mol. The van der Waals surface area contributed by atoms with E-state index in [1.54, 1.807) is 42.5 Å². The minimum atomic E-state index is -0.380. The molecule has 0 saturated heterocycles. The van der Waals surface area contributed by atoms with Crippen LogP contribution in [0.25, 0.3) is 76.9 Å². The average Bonchev–Trinajstić information content (AvgIpc) is 3.90. The lowest BCUT2D eigenvalue weighted by molar-refractivity contribution is 0.0926. The van der Waals surface area contributed by atoms with E-state index >= 15 is 0 Å². The molecular formula is C45H24N4O3. The SMILES string of the molecule is N#Cc1ccc(N2C(=O)c3ccccc3C2=O)cc1-n1c2ccccc2c2cc3c(cc21)c1ccccc1n3-c1ccc2oc3ccccc3c2c1. The lowest BCUT2D eigenvalue weighted by atomic mass is 10.1. The Morgan fingerprint density at radius 2 is 1.02 bits per heavy atom. The summed E-state index contributed by atoms with van der Waals surface area (Å²) in [7, 11) is 0. The van der Waals surface area contributed by atoms with Crippen LogP contribution in [-0.4, -0.2) is 20.9 Å². The van der Waals surface area contributed by atoms with E-state index in [9.17, 15) is 14.9 Å². The molecule has 0 bridgehead atoms. The van der Waals surface area contributed by atoms with Crippen LogP contribution in [0.3, 0.4) is 0 Å². The van der Waals surface area contributed by atoms with Crippen molar-refractivity contribution < 1.29 is 14.0 Å². The number of hydrogen-bond acceptors (Lipinski definition) is 4. The maximum atomic E-state index is 13.5. The number of imide groups is 1. The molecule has 0 N–H and O–H groups in total. The molecule has 3 aromatic heterocycles. The number of anilines is 1. The fourth-order valence-corrected chi connectivity index (χ4v) is 8.18. The smallest absolute Gasteiger partial charge is 0.266 e. The molecule has 10 aromatic rings. The highest BCUT2D eigenvalue weighted by atomic mass is 16.3. The highest BCUT2D eigenvalue weighted by Crippen LogP contribution is 2.42. The van der Waals surface area contributed by atoms with Gasteiger partial charge < -0.3 is 13.6 Å². The number of furan rings is 1. The van der Waals surface area contributed by atoms with Crippen LogP contribution >= 0.6 is 0 Å². The van der Waals surface area contributed by atoms with Crippen molar-refractivity contribution in [3.63, 3.8) is 0 Å². The van der Waals surface area contributed by atoms with Gasteiger partial charge >= 0.3 is 0 Å². The van der Waals surface area contributed by atoms with Gasteiger partial charge in [-0.15, -0.1) is 0 Å². The number of aromatic nitrogens is 2. The number of para-hydroxylation sites is 3. The van der Waals surface area contributed by atoms with E-state index in [1.165, 1.54) is 4.90 Å². The molecule has 7 heteroatoms. The van der Waals surface area contributed by atoms with Crippen molar-refractivity contribution in [2.75, 3.05) is 4.90 Å². The van der Waals surface area contributed by atoms with E-state index in [2.05, 4.69) is 75.9 Å². The van der Waals surface area contributed by atoms with E-state index in [4.69, 9.17) is 4.42 Å². The van der Waals surface area contributed by atoms with Crippen molar-refractivity contribution in [2.24, 2.45) is 0 Å². The van der Waals surface area contributed by atoms with Crippen LogP contribution in [0, 0.1) is 11.3 Å². The molecular weight excluding hydrogens is 645 g/mol. The van der Waals surface area contributed by atoms with Gasteiger partial charge in [-0.2, -0.15) is 5.26 Å². The second kappa shape index (κ2) is 10.3. The third-order valence-corrected chi connectivity index (χ3v) is 10.5. The number of nitrogens with zero attached hydrogens (tertiary/aromatic N) is 4. The molecule has 0 unspecified atom stereocenters.